The quantitative estimate of drug-likeness (QED) is 0.364. The lowest BCUT2D eigenvalue weighted by molar-refractivity contribution is -0.384. The number of benzene rings is 1. The van der Waals surface area contributed by atoms with E-state index >= 15 is 0 Å². The van der Waals surface area contributed by atoms with Crippen molar-refractivity contribution in [2.45, 2.75) is 13.8 Å². The van der Waals surface area contributed by atoms with Gasteiger partial charge in [-0.1, -0.05) is 0 Å². The molecule has 16 heavy (non-hydrogen) atoms. The zero-order chi connectivity index (χ0) is 12.3. The Morgan fingerprint density at radius 3 is 2.62 bits per heavy atom. The van der Waals surface area contributed by atoms with Gasteiger partial charge in [0.15, 0.2) is 17.2 Å². The van der Waals surface area contributed by atoms with Gasteiger partial charge in [-0.2, -0.15) is 0 Å². The van der Waals surface area contributed by atoms with Crippen LogP contribution in [0.2, 0.25) is 0 Å². The van der Waals surface area contributed by atoms with Gasteiger partial charge in [-0.05, 0) is 19.9 Å². The molecule has 2 N–H and O–H groups in total. The summed E-state index contributed by atoms with van der Waals surface area (Å²) in [6.07, 6.45) is 0. The van der Waals surface area contributed by atoms with E-state index in [1.807, 2.05) is 0 Å². The zero-order valence-corrected chi connectivity index (χ0v) is 9.02. The summed E-state index contributed by atoms with van der Waals surface area (Å²) < 4.78 is 5.17. The minimum absolute atomic E-state index is 0.0872. The summed E-state index contributed by atoms with van der Waals surface area (Å²) in [5.41, 5.74) is 5.48. The predicted octanol–water partition coefficient (Wildman–Crippen LogP) is 1.78. The molecule has 0 heterocycles. The second-order valence-electron chi connectivity index (χ2n) is 3.12. The van der Waals surface area contributed by atoms with Crippen LogP contribution < -0.4 is 10.5 Å². The van der Waals surface area contributed by atoms with Gasteiger partial charge in [0.05, 0.1) is 17.1 Å². The number of rotatable bonds is 4. The highest BCUT2D eigenvalue weighted by atomic mass is 16.6. The molecule has 6 heteroatoms. The van der Waals surface area contributed by atoms with Gasteiger partial charge >= 0.3 is 0 Å². The van der Waals surface area contributed by atoms with Crippen molar-refractivity contribution in [1.82, 2.24) is 0 Å². The van der Waals surface area contributed by atoms with E-state index in [0.717, 1.165) is 0 Å². The Labute approximate surface area is 92.2 Å². The molecule has 0 amide bonds. The van der Waals surface area contributed by atoms with Crippen LogP contribution in [0.15, 0.2) is 12.1 Å². The van der Waals surface area contributed by atoms with E-state index in [1.165, 1.54) is 19.1 Å². The average molecular weight is 224 g/mol. The van der Waals surface area contributed by atoms with E-state index in [2.05, 4.69) is 0 Å². The molecule has 0 saturated heterocycles. The van der Waals surface area contributed by atoms with Crippen LogP contribution in [0.1, 0.15) is 24.2 Å². The van der Waals surface area contributed by atoms with Crippen molar-refractivity contribution >= 4 is 17.2 Å². The molecule has 86 valence electrons. The Bertz CT molecular complexity index is 443. The van der Waals surface area contributed by atoms with Crippen molar-refractivity contribution in [3.8, 4) is 5.75 Å². The molecule has 0 bridgehead atoms. The van der Waals surface area contributed by atoms with Crippen LogP contribution in [0.3, 0.4) is 0 Å². The summed E-state index contributed by atoms with van der Waals surface area (Å²) in [5.74, 6) is -0.158. The maximum Gasteiger partial charge on any atom is 0.296 e. The molecule has 0 aromatic heterocycles. The molecule has 0 fully saturated rings. The maximum absolute atomic E-state index is 11.3. The fraction of sp³-hybridized carbons (Fsp3) is 0.300. The fourth-order valence-corrected chi connectivity index (χ4v) is 1.33. The number of carbonyl (C=O) groups excluding carboxylic acids is 1. The highest BCUT2D eigenvalue weighted by Crippen LogP contribution is 2.35. The highest BCUT2D eigenvalue weighted by molar-refractivity contribution is 5.99. The molecule has 0 atom stereocenters. The van der Waals surface area contributed by atoms with Crippen LogP contribution in [0.5, 0.6) is 5.75 Å². The summed E-state index contributed by atoms with van der Waals surface area (Å²) >= 11 is 0. The first kappa shape index (κ1) is 12.0. The number of nitrogens with two attached hydrogens (primary N) is 1. The van der Waals surface area contributed by atoms with Crippen LogP contribution in [0.25, 0.3) is 0 Å². The lowest BCUT2D eigenvalue weighted by Crippen LogP contribution is -2.06. The lowest BCUT2D eigenvalue weighted by Gasteiger charge is -2.10. The molecule has 6 nitrogen and oxygen atoms in total. The Morgan fingerprint density at radius 2 is 2.19 bits per heavy atom. The number of nitrogens with zero attached hydrogens (tertiary/aromatic N) is 1. The summed E-state index contributed by atoms with van der Waals surface area (Å²) in [7, 11) is 0. The minimum atomic E-state index is -0.609. The molecule has 0 radical (unpaired) electrons. The summed E-state index contributed by atoms with van der Waals surface area (Å²) in [6.45, 7) is 3.34. The van der Waals surface area contributed by atoms with Crippen LogP contribution in [0.4, 0.5) is 11.4 Å². The third-order valence-electron chi connectivity index (χ3n) is 2.04. The van der Waals surface area contributed by atoms with Gasteiger partial charge in [0.1, 0.15) is 0 Å². The number of ether oxygens (including phenoxy) is 1. The van der Waals surface area contributed by atoms with E-state index in [0.29, 0.717) is 0 Å². The fourth-order valence-electron chi connectivity index (χ4n) is 1.33. The first-order valence-corrected chi connectivity index (χ1v) is 4.69. The molecule has 1 aromatic carbocycles. The number of carbonyl (C=O) groups is 1. The molecule has 1 rings (SSSR count). The summed E-state index contributed by atoms with van der Waals surface area (Å²) in [5, 5.41) is 10.6. The highest BCUT2D eigenvalue weighted by Gasteiger charge is 2.21. The Hall–Kier alpha value is -2.11. The lowest BCUT2D eigenvalue weighted by atomic mass is 10.1. The average Bonchev–Trinajstić information content (AvgIpc) is 2.20. The smallest absolute Gasteiger partial charge is 0.296 e. The largest absolute Gasteiger partial charge is 0.491 e. The van der Waals surface area contributed by atoms with E-state index in [9.17, 15) is 14.9 Å². The topological polar surface area (TPSA) is 95.5 Å². The molecule has 0 saturated carbocycles. The second kappa shape index (κ2) is 4.61. The van der Waals surface area contributed by atoms with Crippen molar-refractivity contribution in [3.63, 3.8) is 0 Å². The van der Waals surface area contributed by atoms with Gasteiger partial charge < -0.3 is 10.5 Å². The monoisotopic (exact) mass is 224 g/mol. The van der Waals surface area contributed by atoms with Crippen molar-refractivity contribution in [3.05, 3.63) is 27.8 Å². The van der Waals surface area contributed by atoms with Gasteiger partial charge in [0.2, 0.25) is 0 Å². The first-order valence-electron chi connectivity index (χ1n) is 4.69. The van der Waals surface area contributed by atoms with E-state index < -0.39 is 4.92 Å². The molecular weight excluding hydrogens is 212 g/mol. The maximum atomic E-state index is 11.3. The normalized spacial score (nSPS) is 9.88. The number of nitro groups is 1. The van der Waals surface area contributed by atoms with Crippen molar-refractivity contribution < 1.29 is 14.5 Å². The number of ketones is 1. The summed E-state index contributed by atoms with van der Waals surface area (Å²) in [6, 6.07) is 2.55. The SMILES string of the molecule is CCOc1c(C(C)=O)ccc([N+](=O)[O-])c1N. The van der Waals surface area contributed by atoms with E-state index in [1.54, 1.807) is 6.92 Å². The van der Waals surface area contributed by atoms with E-state index in [4.69, 9.17) is 10.5 Å². The number of nitro benzene ring substituents is 1. The number of hydrogen-bond acceptors (Lipinski definition) is 5. The third kappa shape index (κ3) is 2.10. The zero-order valence-electron chi connectivity index (χ0n) is 9.02. The van der Waals surface area contributed by atoms with Gasteiger partial charge in [0, 0.05) is 6.07 Å². The molecule has 0 aliphatic carbocycles. The van der Waals surface area contributed by atoms with Gasteiger partial charge in [0.25, 0.3) is 5.69 Å². The number of hydrogen-bond donors (Lipinski definition) is 1. The summed E-state index contributed by atoms with van der Waals surface area (Å²) in [4.78, 5) is 21.3. The van der Waals surface area contributed by atoms with Crippen molar-refractivity contribution in [2.75, 3.05) is 12.3 Å². The molecule has 0 aliphatic heterocycles. The van der Waals surface area contributed by atoms with Gasteiger partial charge in [-0.3, -0.25) is 14.9 Å². The minimum Gasteiger partial charge on any atom is -0.491 e. The Morgan fingerprint density at radius 1 is 1.56 bits per heavy atom. The molecule has 0 unspecified atom stereocenters. The Balaban J connectivity index is 3.41. The van der Waals surface area contributed by atoms with Crippen LogP contribution >= 0.6 is 0 Å². The standard InChI is InChI=1S/C10H12N2O4/c1-3-16-10-7(6(2)13)4-5-8(9(10)11)12(14)15/h4-5H,3,11H2,1-2H3. The van der Waals surface area contributed by atoms with Crippen LogP contribution in [0, 0.1) is 10.1 Å². The molecule has 0 aliphatic rings. The Kier molecular flexibility index (Phi) is 3.44. The van der Waals surface area contributed by atoms with Crippen molar-refractivity contribution in [1.29, 1.82) is 0 Å². The third-order valence-corrected chi connectivity index (χ3v) is 2.04. The first-order chi connectivity index (χ1) is 7.49. The number of anilines is 1. The second-order valence-corrected chi connectivity index (χ2v) is 3.12. The van der Waals surface area contributed by atoms with Crippen LogP contribution in [-0.4, -0.2) is 17.3 Å². The molecule has 0 spiro atoms. The molecular formula is C10H12N2O4. The number of Topliss-reactive ketones (excluding diaryl/α,β-unsaturated/α-hetero) is 1. The van der Waals surface area contributed by atoms with Crippen molar-refractivity contribution in [2.24, 2.45) is 0 Å². The van der Waals surface area contributed by atoms with Gasteiger partial charge in [-0.25, -0.2) is 0 Å². The van der Waals surface area contributed by atoms with Crippen LogP contribution in [-0.2, 0) is 0 Å². The van der Waals surface area contributed by atoms with E-state index in [-0.39, 0.29) is 35.1 Å². The molecule has 1 aromatic rings. The predicted molar refractivity (Wildman–Crippen MR) is 58.7 cm³/mol. The van der Waals surface area contributed by atoms with Gasteiger partial charge in [-0.15, -0.1) is 0 Å². The number of nitrogen functional groups attached to an aromatic ring is 1.